The number of amides is 2. The van der Waals surface area contributed by atoms with Gasteiger partial charge in [0.1, 0.15) is 0 Å². The molecule has 0 bridgehead atoms. The molecule has 0 radical (unpaired) electrons. The molecular formula is C24H40CaN2O6. The Bertz CT molecular complexity index is 533. The van der Waals surface area contributed by atoms with Crippen molar-refractivity contribution >= 4 is 61.5 Å². The number of carbonyl (C=O) groups excluding carboxylic acids is 4. The molecule has 8 nitrogen and oxygen atoms in total. The van der Waals surface area contributed by atoms with E-state index < -0.39 is 11.9 Å². The van der Waals surface area contributed by atoms with Gasteiger partial charge in [-0.15, -0.1) is 13.2 Å². The second kappa shape index (κ2) is 25.2. The third-order valence-electron chi connectivity index (χ3n) is 4.75. The molecule has 0 rings (SSSR count). The third-order valence-corrected chi connectivity index (χ3v) is 4.75. The van der Waals surface area contributed by atoms with Crippen molar-refractivity contribution in [2.75, 3.05) is 27.2 Å². The molecule has 9 heteroatoms. The van der Waals surface area contributed by atoms with Crippen LogP contribution in [0.3, 0.4) is 0 Å². The van der Waals surface area contributed by atoms with Gasteiger partial charge < -0.3 is 29.6 Å². The van der Waals surface area contributed by atoms with E-state index in [4.69, 9.17) is 0 Å². The number of hydrogen-bond donors (Lipinski definition) is 0. The molecule has 33 heavy (non-hydrogen) atoms. The number of unbranched alkanes of at least 4 members (excludes halogenated alkanes) is 6. The van der Waals surface area contributed by atoms with Gasteiger partial charge in [0, 0.05) is 64.8 Å². The summed E-state index contributed by atoms with van der Waals surface area (Å²) < 4.78 is 0. The monoisotopic (exact) mass is 492 g/mol. The van der Waals surface area contributed by atoms with Gasteiger partial charge in [0.25, 0.3) is 0 Å². The van der Waals surface area contributed by atoms with Crippen molar-refractivity contribution in [1.29, 1.82) is 0 Å². The molecule has 0 unspecified atom stereocenters. The van der Waals surface area contributed by atoms with Gasteiger partial charge in [-0.05, 0) is 38.5 Å². The van der Waals surface area contributed by atoms with Crippen LogP contribution in [0.25, 0.3) is 0 Å². The molecule has 0 heterocycles. The quantitative estimate of drug-likeness (QED) is 0.160. The van der Waals surface area contributed by atoms with E-state index in [9.17, 15) is 29.4 Å². The van der Waals surface area contributed by atoms with E-state index >= 15 is 0 Å². The maximum Gasteiger partial charge on any atom is 2.00 e. The van der Waals surface area contributed by atoms with Crippen LogP contribution in [0, 0.1) is 0 Å². The van der Waals surface area contributed by atoms with Crippen LogP contribution in [0.5, 0.6) is 0 Å². The van der Waals surface area contributed by atoms with Crippen molar-refractivity contribution in [3.63, 3.8) is 0 Å². The number of nitrogens with zero attached hydrogens (tertiary/aromatic N) is 2. The summed E-state index contributed by atoms with van der Waals surface area (Å²) >= 11 is 0. The van der Waals surface area contributed by atoms with E-state index in [2.05, 4.69) is 13.2 Å². The van der Waals surface area contributed by atoms with Crippen molar-refractivity contribution in [3.05, 3.63) is 25.3 Å². The zero-order valence-corrected chi connectivity index (χ0v) is 22.7. The summed E-state index contributed by atoms with van der Waals surface area (Å²) in [5, 5.41) is 20.4. The fraction of sp³-hybridized carbons (Fsp3) is 0.667. The van der Waals surface area contributed by atoms with Crippen LogP contribution in [0.4, 0.5) is 0 Å². The van der Waals surface area contributed by atoms with Crippen LogP contribution in [0.15, 0.2) is 25.3 Å². The van der Waals surface area contributed by atoms with Crippen molar-refractivity contribution in [2.24, 2.45) is 0 Å². The molecule has 0 fully saturated rings. The summed E-state index contributed by atoms with van der Waals surface area (Å²) in [4.78, 5) is 46.3. The Kier molecular flexibility index (Phi) is 27.7. The van der Waals surface area contributed by atoms with Crippen LogP contribution < -0.4 is 10.2 Å². The van der Waals surface area contributed by atoms with Crippen LogP contribution in [0.2, 0.25) is 0 Å². The fourth-order valence-electron chi connectivity index (χ4n) is 2.63. The standard InChI is InChI=1S/2C12H21NO3.Ca/c2*1-3-4-5-6-7-8-11(14)13(2)10-9-12(15)16;/h2*3H,1,4-10H2,2H3,(H,15,16);/q;;+2/p-2. The van der Waals surface area contributed by atoms with Gasteiger partial charge in [-0.3, -0.25) is 9.59 Å². The Morgan fingerprint density at radius 1 is 0.636 bits per heavy atom. The van der Waals surface area contributed by atoms with Gasteiger partial charge in [0.15, 0.2) is 0 Å². The smallest absolute Gasteiger partial charge is 0.550 e. The number of carboxylic acid groups (broad SMARTS) is 2. The SMILES string of the molecule is C=CCCCCCC(=O)N(C)CCC(=O)[O-].C=CCCCCCC(=O)N(C)CCC(=O)[O-].[Ca+2]. The maximum absolute atomic E-state index is 11.5. The molecular weight excluding hydrogens is 452 g/mol. The van der Waals surface area contributed by atoms with E-state index in [0.29, 0.717) is 12.8 Å². The van der Waals surface area contributed by atoms with E-state index in [1.807, 2.05) is 12.2 Å². The van der Waals surface area contributed by atoms with Crippen molar-refractivity contribution in [1.82, 2.24) is 9.80 Å². The summed E-state index contributed by atoms with van der Waals surface area (Å²) in [6.07, 6.45) is 12.3. The fourth-order valence-corrected chi connectivity index (χ4v) is 2.63. The zero-order chi connectivity index (χ0) is 24.8. The van der Waals surface area contributed by atoms with Gasteiger partial charge in [-0.1, -0.05) is 25.0 Å². The van der Waals surface area contributed by atoms with E-state index in [1.54, 1.807) is 14.1 Å². The number of hydrogen-bond acceptors (Lipinski definition) is 6. The molecule has 0 saturated carbocycles. The van der Waals surface area contributed by atoms with Crippen LogP contribution in [-0.2, 0) is 19.2 Å². The summed E-state index contributed by atoms with van der Waals surface area (Å²) in [6.45, 7) is 7.71. The van der Waals surface area contributed by atoms with Crippen LogP contribution >= 0.6 is 0 Å². The molecule has 0 aliphatic carbocycles. The average molecular weight is 493 g/mol. The number of carbonyl (C=O) groups is 4. The number of allylic oxidation sites excluding steroid dienone is 2. The second-order valence-electron chi connectivity index (χ2n) is 7.65. The molecule has 0 atom stereocenters. The first-order chi connectivity index (χ1) is 15.1. The third kappa shape index (κ3) is 26.8. The molecule has 0 N–H and O–H groups in total. The second-order valence-corrected chi connectivity index (χ2v) is 7.65. The molecule has 0 aliphatic heterocycles. The predicted molar refractivity (Wildman–Crippen MR) is 127 cm³/mol. The Hall–Kier alpha value is -1.38. The van der Waals surface area contributed by atoms with Crippen molar-refractivity contribution in [2.45, 2.75) is 77.0 Å². The Balaban J connectivity index is -0.000000529. The first kappa shape index (κ1) is 36.2. The number of carboxylic acids is 2. The Labute approximate surface area is 229 Å². The first-order valence-electron chi connectivity index (χ1n) is 11.2. The maximum atomic E-state index is 11.5. The topological polar surface area (TPSA) is 121 Å². The van der Waals surface area contributed by atoms with Gasteiger partial charge in [-0.2, -0.15) is 0 Å². The van der Waals surface area contributed by atoms with Crippen molar-refractivity contribution in [3.8, 4) is 0 Å². The van der Waals surface area contributed by atoms with Crippen LogP contribution in [-0.4, -0.2) is 98.5 Å². The predicted octanol–water partition coefficient (Wildman–Crippen LogP) is 1.06. The van der Waals surface area contributed by atoms with Gasteiger partial charge in [-0.25, -0.2) is 0 Å². The molecule has 0 aromatic carbocycles. The van der Waals surface area contributed by atoms with Crippen LogP contribution in [0.1, 0.15) is 77.0 Å². The summed E-state index contributed by atoms with van der Waals surface area (Å²) in [5.74, 6) is -2.24. The zero-order valence-electron chi connectivity index (χ0n) is 20.5. The summed E-state index contributed by atoms with van der Waals surface area (Å²) in [5.41, 5.74) is 0. The van der Waals surface area contributed by atoms with E-state index in [0.717, 1.165) is 51.4 Å². The minimum atomic E-state index is -1.12. The molecule has 184 valence electrons. The number of aliphatic carboxylic acids is 2. The molecule has 0 aromatic heterocycles. The molecule has 0 spiro atoms. The first-order valence-corrected chi connectivity index (χ1v) is 11.2. The minimum absolute atomic E-state index is 0. The molecule has 2 amide bonds. The van der Waals surface area contributed by atoms with Crippen molar-refractivity contribution < 1.29 is 29.4 Å². The van der Waals surface area contributed by atoms with Gasteiger partial charge in [0.2, 0.25) is 11.8 Å². The van der Waals surface area contributed by atoms with Gasteiger partial charge >= 0.3 is 37.7 Å². The van der Waals surface area contributed by atoms with E-state index in [-0.39, 0.29) is 75.5 Å². The summed E-state index contributed by atoms with van der Waals surface area (Å²) in [7, 11) is 3.24. The molecule has 0 aromatic rings. The molecule has 0 aliphatic rings. The van der Waals surface area contributed by atoms with E-state index in [1.165, 1.54) is 9.80 Å². The summed E-state index contributed by atoms with van der Waals surface area (Å²) in [6, 6.07) is 0. The largest absolute Gasteiger partial charge is 2.00 e. The Morgan fingerprint density at radius 3 is 1.24 bits per heavy atom. The normalized spacial score (nSPS) is 9.52. The van der Waals surface area contributed by atoms with Gasteiger partial charge in [0.05, 0.1) is 0 Å². The Morgan fingerprint density at radius 2 is 0.970 bits per heavy atom. The average Bonchev–Trinajstić information content (AvgIpc) is 2.75. The molecule has 0 saturated heterocycles. The number of rotatable bonds is 18. The minimum Gasteiger partial charge on any atom is -0.550 e.